The number of rotatable bonds is 3. The third-order valence-electron chi connectivity index (χ3n) is 8.77. The highest BCUT2D eigenvalue weighted by Crippen LogP contribution is 2.50. The van der Waals surface area contributed by atoms with Crippen molar-refractivity contribution in [3.8, 4) is 0 Å². The largest absolute Gasteiger partial charge is 0.355 e. The molecule has 5 rings (SSSR count). The second-order valence-electron chi connectivity index (χ2n) is 10.8. The summed E-state index contributed by atoms with van der Waals surface area (Å²) in [6, 6.07) is 15.3. The number of likely N-dealkylation sites (tertiary alicyclic amines) is 1. The van der Waals surface area contributed by atoms with Crippen molar-refractivity contribution in [1.29, 1.82) is 0 Å². The van der Waals surface area contributed by atoms with Crippen LogP contribution in [-0.4, -0.2) is 36.3 Å². The quantitative estimate of drug-likeness (QED) is 0.677. The number of piperidine rings is 2. The Kier molecular flexibility index (Phi) is 6.22. The number of carbonyl (C=O) groups excluding carboxylic acids is 2. The van der Waals surface area contributed by atoms with Crippen molar-refractivity contribution in [2.75, 3.05) is 19.6 Å². The summed E-state index contributed by atoms with van der Waals surface area (Å²) in [7, 11) is 0. The first-order valence-electron chi connectivity index (χ1n) is 12.8. The maximum absolute atomic E-state index is 14.1. The molecule has 2 amide bonds. The number of hydrogen-bond acceptors (Lipinski definition) is 2. The number of benzene rings is 2. The summed E-state index contributed by atoms with van der Waals surface area (Å²) < 4.78 is 14.0. The van der Waals surface area contributed by atoms with E-state index in [0.717, 1.165) is 49.7 Å². The van der Waals surface area contributed by atoms with E-state index in [1.807, 2.05) is 6.07 Å². The first kappa shape index (κ1) is 23.1. The van der Waals surface area contributed by atoms with Crippen molar-refractivity contribution in [2.45, 2.75) is 69.6 Å². The number of nitrogens with one attached hydrogen (secondary N) is 1. The highest BCUT2D eigenvalue weighted by Gasteiger charge is 2.49. The lowest BCUT2D eigenvalue weighted by atomic mass is 9.62. The van der Waals surface area contributed by atoms with Crippen molar-refractivity contribution in [3.63, 3.8) is 0 Å². The molecule has 3 aliphatic rings. The van der Waals surface area contributed by atoms with E-state index in [9.17, 15) is 14.0 Å². The summed E-state index contributed by atoms with van der Waals surface area (Å²) in [6.45, 7) is 3.93. The standard InChI is InChI=1S/C29H35FN2O2/c1-21-8-10-23(11-9-21)29(12-3-2-4-13-29)27(34)32-16-14-28(15-17-32)19-26(33)31-20-25(28)22-6-5-7-24(30)18-22/h5-11,18,25H,2-4,12-17,19-20H2,1H3,(H,31,33)/t25-/m1/s1. The van der Waals surface area contributed by atoms with E-state index in [4.69, 9.17) is 0 Å². The van der Waals surface area contributed by atoms with Gasteiger partial charge in [0.25, 0.3) is 0 Å². The average molecular weight is 463 g/mol. The van der Waals surface area contributed by atoms with Crippen LogP contribution in [0.3, 0.4) is 0 Å². The summed E-state index contributed by atoms with van der Waals surface area (Å²) in [5.41, 5.74) is 2.65. The normalized spacial score (nSPS) is 24.0. The predicted octanol–water partition coefficient (Wildman–Crippen LogP) is 5.25. The monoisotopic (exact) mass is 462 g/mol. The third-order valence-corrected chi connectivity index (χ3v) is 8.77. The van der Waals surface area contributed by atoms with E-state index in [2.05, 4.69) is 41.4 Å². The highest BCUT2D eigenvalue weighted by molar-refractivity contribution is 5.88. The van der Waals surface area contributed by atoms with Crippen LogP contribution in [0.4, 0.5) is 4.39 Å². The molecule has 2 saturated heterocycles. The Balaban J connectivity index is 1.39. The van der Waals surface area contributed by atoms with E-state index in [1.165, 1.54) is 18.1 Å². The molecular formula is C29H35FN2O2. The van der Waals surface area contributed by atoms with Gasteiger partial charge in [-0.1, -0.05) is 61.2 Å². The molecule has 5 heteroatoms. The Morgan fingerprint density at radius 1 is 1.00 bits per heavy atom. The topological polar surface area (TPSA) is 49.4 Å². The summed E-state index contributed by atoms with van der Waals surface area (Å²) >= 11 is 0. The molecule has 3 fully saturated rings. The molecule has 180 valence electrons. The molecule has 1 N–H and O–H groups in total. The van der Waals surface area contributed by atoms with Crippen LogP contribution in [0.2, 0.25) is 0 Å². The summed E-state index contributed by atoms with van der Waals surface area (Å²) in [5, 5.41) is 3.00. The number of aryl methyl sites for hydroxylation is 1. The molecule has 2 heterocycles. The zero-order valence-corrected chi connectivity index (χ0v) is 20.1. The third kappa shape index (κ3) is 4.14. The minimum atomic E-state index is -0.428. The zero-order valence-electron chi connectivity index (χ0n) is 20.1. The van der Waals surface area contributed by atoms with Crippen molar-refractivity contribution in [1.82, 2.24) is 10.2 Å². The maximum atomic E-state index is 14.1. The van der Waals surface area contributed by atoms with Crippen LogP contribution in [0.25, 0.3) is 0 Å². The fraction of sp³-hybridized carbons (Fsp3) is 0.517. The number of halogens is 1. The van der Waals surface area contributed by atoms with Gasteiger partial charge in [0, 0.05) is 32.0 Å². The molecule has 1 atom stereocenters. The van der Waals surface area contributed by atoms with Crippen LogP contribution in [-0.2, 0) is 15.0 Å². The Morgan fingerprint density at radius 2 is 1.71 bits per heavy atom. The molecule has 0 unspecified atom stereocenters. The minimum Gasteiger partial charge on any atom is -0.355 e. The summed E-state index contributed by atoms with van der Waals surface area (Å²) in [5.74, 6) is 0.151. The molecule has 2 aromatic carbocycles. The molecule has 2 aromatic rings. The van der Waals surface area contributed by atoms with Crippen LogP contribution in [0.15, 0.2) is 48.5 Å². The van der Waals surface area contributed by atoms with Gasteiger partial charge in [-0.25, -0.2) is 4.39 Å². The maximum Gasteiger partial charge on any atom is 0.233 e. The van der Waals surface area contributed by atoms with E-state index in [1.54, 1.807) is 12.1 Å². The van der Waals surface area contributed by atoms with E-state index in [0.29, 0.717) is 26.1 Å². The molecule has 0 bridgehead atoms. The van der Waals surface area contributed by atoms with Crippen molar-refractivity contribution < 1.29 is 14.0 Å². The van der Waals surface area contributed by atoms with Crippen molar-refractivity contribution >= 4 is 11.8 Å². The lowest BCUT2D eigenvalue weighted by molar-refractivity contribution is -0.142. The van der Waals surface area contributed by atoms with Gasteiger partial charge in [-0.15, -0.1) is 0 Å². The SMILES string of the molecule is Cc1ccc(C2(C(=O)N3CCC4(CC3)CC(=O)NC[C@@H]4c3cccc(F)c3)CCCCC2)cc1. The summed E-state index contributed by atoms with van der Waals surface area (Å²) in [6.07, 6.45) is 7.16. The van der Waals surface area contributed by atoms with Gasteiger partial charge in [-0.3, -0.25) is 9.59 Å². The molecule has 1 saturated carbocycles. The van der Waals surface area contributed by atoms with Crippen LogP contribution in [0.1, 0.15) is 74.0 Å². The van der Waals surface area contributed by atoms with Gasteiger partial charge in [0.15, 0.2) is 0 Å². The van der Waals surface area contributed by atoms with Gasteiger partial charge < -0.3 is 10.2 Å². The number of hydrogen-bond donors (Lipinski definition) is 1. The van der Waals surface area contributed by atoms with Crippen molar-refractivity contribution in [2.24, 2.45) is 5.41 Å². The first-order valence-corrected chi connectivity index (χ1v) is 12.8. The molecule has 4 nitrogen and oxygen atoms in total. The van der Waals surface area contributed by atoms with Gasteiger partial charge in [0.05, 0.1) is 5.41 Å². The molecule has 0 radical (unpaired) electrons. The predicted molar refractivity (Wildman–Crippen MR) is 131 cm³/mol. The molecular weight excluding hydrogens is 427 g/mol. The Morgan fingerprint density at radius 3 is 2.38 bits per heavy atom. The average Bonchev–Trinajstić information content (AvgIpc) is 2.85. The molecule has 2 aliphatic heterocycles. The van der Waals surface area contributed by atoms with Crippen LogP contribution >= 0.6 is 0 Å². The van der Waals surface area contributed by atoms with Crippen LogP contribution in [0, 0.1) is 18.2 Å². The van der Waals surface area contributed by atoms with E-state index < -0.39 is 5.41 Å². The van der Waals surface area contributed by atoms with Gasteiger partial charge >= 0.3 is 0 Å². The minimum absolute atomic E-state index is 0.0656. The summed E-state index contributed by atoms with van der Waals surface area (Å²) in [4.78, 5) is 28.6. The first-order chi connectivity index (χ1) is 16.4. The van der Waals surface area contributed by atoms with Gasteiger partial charge in [-0.2, -0.15) is 0 Å². The van der Waals surface area contributed by atoms with Gasteiger partial charge in [-0.05, 0) is 61.3 Å². The van der Waals surface area contributed by atoms with Gasteiger partial charge in [0.1, 0.15) is 5.82 Å². The van der Waals surface area contributed by atoms with Gasteiger partial charge in [0.2, 0.25) is 11.8 Å². The lowest BCUT2D eigenvalue weighted by Gasteiger charge is -2.50. The fourth-order valence-electron chi connectivity index (χ4n) is 6.77. The Hall–Kier alpha value is -2.69. The second kappa shape index (κ2) is 9.16. The Bertz CT molecular complexity index is 1050. The molecule has 1 aliphatic carbocycles. The van der Waals surface area contributed by atoms with Crippen molar-refractivity contribution in [3.05, 3.63) is 71.0 Å². The number of nitrogens with zero attached hydrogens (tertiary/aromatic N) is 1. The molecule has 34 heavy (non-hydrogen) atoms. The number of amides is 2. The van der Waals surface area contributed by atoms with E-state index >= 15 is 0 Å². The molecule has 0 aromatic heterocycles. The van der Waals surface area contributed by atoms with E-state index in [-0.39, 0.29) is 29.0 Å². The molecule has 1 spiro atoms. The highest BCUT2D eigenvalue weighted by atomic mass is 19.1. The van der Waals surface area contributed by atoms with Crippen LogP contribution in [0.5, 0.6) is 0 Å². The smallest absolute Gasteiger partial charge is 0.233 e. The second-order valence-corrected chi connectivity index (χ2v) is 10.8. The fourth-order valence-corrected chi connectivity index (χ4v) is 6.77. The number of carbonyl (C=O) groups is 2. The zero-order chi connectivity index (χ0) is 23.8. The Labute approximate surface area is 201 Å². The lowest BCUT2D eigenvalue weighted by Crippen LogP contribution is -2.56. The van der Waals surface area contributed by atoms with Crippen LogP contribution < -0.4 is 5.32 Å².